The van der Waals surface area contributed by atoms with Crippen LogP contribution in [0.1, 0.15) is 98.8 Å². The molecule has 5 aliphatic rings. The molecule has 0 aromatic carbocycles. The Kier molecular flexibility index (Phi) is 18.8. The van der Waals surface area contributed by atoms with Crippen molar-refractivity contribution in [3.63, 3.8) is 0 Å². The van der Waals surface area contributed by atoms with Crippen LogP contribution in [0.4, 0.5) is 0 Å². The number of cyclic esters (lactones) is 1. The lowest BCUT2D eigenvalue weighted by molar-refractivity contribution is -0.284. The highest BCUT2D eigenvalue weighted by Gasteiger charge is 2.59. The number of epoxide rings is 1. The van der Waals surface area contributed by atoms with Crippen LogP contribution in [-0.4, -0.2) is 165 Å². The minimum Gasteiger partial charge on any atom is -0.456 e. The summed E-state index contributed by atoms with van der Waals surface area (Å²) in [6.07, 6.45) is 6.61. The molecule has 15 heteroatoms. The molecule has 4 N–H and O–H groups in total. The quantitative estimate of drug-likeness (QED) is 0.124. The average molecular weight is 869 g/mol. The van der Waals surface area contributed by atoms with Crippen LogP contribution in [0.25, 0.3) is 0 Å². The van der Waals surface area contributed by atoms with E-state index < -0.39 is 72.1 Å². The predicted octanol–water partition coefficient (Wildman–Crippen LogP) is 4.10. The Balaban J connectivity index is 1.40. The van der Waals surface area contributed by atoms with Gasteiger partial charge in [-0.2, -0.15) is 0 Å². The number of hydrogen-bond donors (Lipinski definition) is 4. The zero-order chi connectivity index (χ0) is 44.5. The molecule has 0 aromatic rings. The maximum absolute atomic E-state index is 13.8. The molecule has 15 nitrogen and oxygen atoms in total. The fourth-order valence-corrected chi connectivity index (χ4v) is 9.64. The third kappa shape index (κ3) is 13.4. The maximum Gasteiger partial charge on any atom is 0.331 e. The molecule has 3 saturated heterocycles. The summed E-state index contributed by atoms with van der Waals surface area (Å²) in [6.45, 7) is 9.96. The van der Waals surface area contributed by atoms with Crippen LogP contribution in [0.15, 0.2) is 36.0 Å². The number of carbonyl (C=O) groups excluding carboxylic acids is 1. The van der Waals surface area contributed by atoms with Crippen molar-refractivity contribution < 1.29 is 72.6 Å². The van der Waals surface area contributed by atoms with Crippen molar-refractivity contribution in [1.82, 2.24) is 0 Å². The standard InChI is InChI=1S/C46H76O15/c1-27-13-16-34(60-44-43(51)42(50)37(47)25-56-44)20-31-11-10-12-32(59-31)22-38(54-8)46(26-57-46)39(55-9)23-36(53-7)24-45(5,61-40(48)18-14-27)30(4)41(49)28(2)15-17-33-21-35(52-6)19-29(3)58-33/h10-11,13-14,18,28-39,41-44,47,49-51H,12,15-17,19-26H2,1-9H3/b18-14+,27-13+/t28?,29?,30?,31?,32?,33?,34?,35?,36?,37-,38?,39?,41?,42+,43-,44-,45?,46?/m1/s1. The Morgan fingerprint density at radius 3 is 2.25 bits per heavy atom. The van der Waals surface area contributed by atoms with Crippen molar-refractivity contribution >= 4 is 5.97 Å². The third-order valence-corrected chi connectivity index (χ3v) is 13.8. The normalized spacial score (nSPS) is 43.7. The first-order valence-corrected chi connectivity index (χ1v) is 22.3. The number of aliphatic hydroxyl groups excluding tert-OH is 4. The smallest absolute Gasteiger partial charge is 0.331 e. The summed E-state index contributed by atoms with van der Waals surface area (Å²) in [7, 11) is 6.68. The summed E-state index contributed by atoms with van der Waals surface area (Å²) in [5, 5.41) is 43.1. The molecular weight excluding hydrogens is 792 g/mol. The molecule has 0 aliphatic carbocycles. The van der Waals surface area contributed by atoms with Gasteiger partial charge in [0.2, 0.25) is 0 Å². The van der Waals surface area contributed by atoms with E-state index in [-0.39, 0.29) is 55.6 Å². The number of esters is 1. The third-order valence-electron chi connectivity index (χ3n) is 13.8. The number of aliphatic hydroxyl groups is 4. The van der Waals surface area contributed by atoms with Crippen LogP contribution in [-0.2, 0) is 52.2 Å². The number of hydrogen-bond acceptors (Lipinski definition) is 15. The number of fused-ring (bicyclic) bond motifs is 2. The number of ether oxygens (including phenoxy) is 10. The van der Waals surface area contributed by atoms with Crippen molar-refractivity contribution in [1.29, 1.82) is 0 Å². The molecule has 5 heterocycles. The van der Waals surface area contributed by atoms with Gasteiger partial charge in [-0.1, -0.05) is 43.7 Å². The van der Waals surface area contributed by atoms with Crippen LogP contribution in [0.2, 0.25) is 0 Å². The first-order chi connectivity index (χ1) is 29.0. The molecule has 350 valence electrons. The number of carbonyl (C=O) groups is 1. The second kappa shape index (κ2) is 22.9. The van der Waals surface area contributed by atoms with Crippen LogP contribution >= 0.6 is 0 Å². The Hall–Kier alpha value is -1.83. The first kappa shape index (κ1) is 50.2. The lowest BCUT2D eigenvalue weighted by Crippen LogP contribution is -2.54. The molecule has 0 saturated carbocycles. The second-order valence-electron chi connectivity index (χ2n) is 18.4. The van der Waals surface area contributed by atoms with Crippen molar-refractivity contribution in [3.05, 3.63) is 36.0 Å². The van der Waals surface area contributed by atoms with Gasteiger partial charge in [-0.25, -0.2) is 4.79 Å². The molecule has 5 rings (SSSR count). The van der Waals surface area contributed by atoms with E-state index in [4.69, 9.17) is 47.4 Å². The summed E-state index contributed by atoms with van der Waals surface area (Å²) >= 11 is 0. The number of rotatable bonds is 12. The van der Waals surface area contributed by atoms with Gasteiger partial charge < -0.3 is 67.8 Å². The van der Waals surface area contributed by atoms with Gasteiger partial charge in [0.25, 0.3) is 0 Å². The number of allylic oxidation sites excluding steroid dienone is 2. The van der Waals surface area contributed by atoms with Crippen molar-refractivity contribution in [2.24, 2.45) is 11.8 Å². The monoisotopic (exact) mass is 869 g/mol. The van der Waals surface area contributed by atoms with Crippen molar-refractivity contribution in [2.45, 2.75) is 196 Å². The van der Waals surface area contributed by atoms with Gasteiger partial charge in [-0.05, 0) is 65.2 Å². The predicted molar refractivity (Wildman–Crippen MR) is 225 cm³/mol. The number of methoxy groups -OCH3 is 4. The van der Waals surface area contributed by atoms with E-state index in [0.717, 1.165) is 24.8 Å². The van der Waals surface area contributed by atoms with Crippen molar-refractivity contribution in [2.75, 3.05) is 41.7 Å². The molecule has 3 fully saturated rings. The highest BCUT2D eigenvalue weighted by Crippen LogP contribution is 2.44. The Bertz CT molecular complexity index is 1450. The molecule has 18 atom stereocenters. The largest absolute Gasteiger partial charge is 0.456 e. The topological polar surface area (TPSA) is 194 Å². The summed E-state index contributed by atoms with van der Waals surface area (Å²) in [5.41, 5.74) is -1.19. The SMILES string of the molecule is COC1CC(C)OC(CCC(C)C(O)C(C)C2(C)CC(OC)CC(OC)C3(CO3)C(OC)CC3CC=CC(CC(O[C@H]4OC[C@@H](O)[C@H](O)[C@H]4O)C/C=C(C)/C=C/C(=O)O2)O3)C1. The molecule has 0 amide bonds. The second-order valence-corrected chi connectivity index (χ2v) is 18.4. The summed E-state index contributed by atoms with van der Waals surface area (Å²) < 4.78 is 61.4. The zero-order valence-electron chi connectivity index (χ0n) is 37.9. The van der Waals surface area contributed by atoms with E-state index >= 15 is 0 Å². The van der Waals surface area contributed by atoms with Crippen LogP contribution in [0, 0.1) is 11.8 Å². The van der Waals surface area contributed by atoms with E-state index in [2.05, 4.69) is 13.0 Å². The van der Waals surface area contributed by atoms with Crippen LogP contribution < -0.4 is 0 Å². The first-order valence-electron chi connectivity index (χ1n) is 22.3. The van der Waals surface area contributed by atoms with Gasteiger partial charge in [0.15, 0.2) is 6.29 Å². The van der Waals surface area contributed by atoms with Gasteiger partial charge in [0, 0.05) is 66.1 Å². The van der Waals surface area contributed by atoms with Gasteiger partial charge in [0.05, 0.1) is 74.3 Å². The lowest BCUT2D eigenvalue weighted by atomic mass is 9.76. The molecule has 1 spiro atoms. The lowest BCUT2D eigenvalue weighted by Gasteiger charge is -2.42. The van der Waals surface area contributed by atoms with E-state index in [0.29, 0.717) is 45.1 Å². The molecule has 61 heavy (non-hydrogen) atoms. The summed E-state index contributed by atoms with van der Waals surface area (Å²) in [4.78, 5) is 13.8. The van der Waals surface area contributed by atoms with E-state index in [1.54, 1.807) is 34.5 Å². The molecule has 2 bridgehead atoms. The molecule has 14 unspecified atom stereocenters. The van der Waals surface area contributed by atoms with Crippen LogP contribution in [0.3, 0.4) is 0 Å². The Labute approximate surface area is 363 Å². The molecule has 0 radical (unpaired) electrons. The van der Waals surface area contributed by atoms with Gasteiger partial charge >= 0.3 is 5.97 Å². The van der Waals surface area contributed by atoms with E-state index in [1.807, 2.05) is 39.8 Å². The highest BCUT2D eigenvalue weighted by atomic mass is 16.7. The molecule has 5 aliphatic heterocycles. The zero-order valence-corrected chi connectivity index (χ0v) is 37.9. The summed E-state index contributed by atoms with van der Waals surface area (Å²) in [5.74, 6) is -1.20. The maximum atomic E-state index is 13.8. The van der Waals surface area contributed by atoms with E-state index in [1.165, 1.54) is 6.08 Å². The van der Waals surface area contributed by atoms with Gasteiger partial charge in [-0.3, -0.25) is 0 Å². The molecular formula is C46H76O15. The fraction of sp³-hybridized carbons (Fsp3) is 0.848. The minimum absolute atomic E-state index is 0.0357. The fourth-order valence-electron chi connectivity index (χ4n) is 9.64. The van der Waals surface area contributed by atoms with Crippen LogP contribution in [0.5, 0.6) is 0 Å². The summed E-state index contributed by atoms with van der Waals surface area (Å²) in [6, 6.07) is 0. The Morgan fingerprint density at radius 2 is 1.57 bits per heavy atom. The highest BCUT2D eigenvalue weighted by molar-refractivity contribution is 5.82. The Morgan fingerprint density at radius 1 is 0.869 bits per heavy atom. The van der Waals surface area contributed by atoms with Gasteiger partial charge in [0.1, 0.15) is 29.5 Å². The van der Waals surface area contributed by atoms with E-state index in [9.17, 15) is 25.2 Å². The van der Waals surface area contributed by atoms with Crippen molar-refractivity contribution in [3.8, 4) is 0 Å². The van der Waals surface area contributed by atoms with Gasteiger partial charge in [-0.15, -0.1) is 0 Å². The average Bonchev–Trinajstić information content (AvgIpc) is 4.05. The minimum atomic E-state index is -1.46. The molecule has 0 aromatic heterocycles.